The number of hydrogen-bond acceptors (Lipinski definition) is 7. The zero-order valence-electron chi connectivity index (χ0n) is 13.3. The van der Waals surface area contributed by atoms with Crippen molar-refractivity contribution in [3.8, 4) is 0 Å². The van der Waals surface area contributed by atoms with Gasteiger partial charge in [-0.3, -0.25) is 15.6 Å². The number of aromatic nitrogens is 2. The van der Waals surface area contributed by atoms with Crippen LogP contribution < -0.4 is 21.9 Å². The van der Waals surface area contributed by atoms with Crippen molar-refractivity contribution >= 4 is 39.2 Å². The molecule has 1 atom stereocenters. The van der Waals surface area contributed by atoms with Gasteiger partial charge in [-0.05, 0) is 35.0 Å². The highest BCUT2D eigenvalue weighted by Crippen LogP contribution is 2.22. The van der Waals surface area contributed by atoms with Crippen LogP contribution in [0.1, 0.15) is 17.3 Å². The van der Waals surface area contributed by atoms with Crippen LogP contribution >= 0.6 is 15.9 Å². The number of carbonyl (C=O) groups excluding carboxylic acids is 1. The van der Waals surface area contributed by atoms with Gasteiger partial charge in [0.1, 0.15) is 12.0 Å². The number of nitrogens with one attached hydrogen (secondary N) is 3. The summed E-state index contributed by atoms with van der Waals surface area (Å²) in [4.78, 5) is 20.3. The largest absolute Gasteiger partial charge is 0.393 e. The summed E-state index contributed by atoms with van der Waals surface area (Å²) in [5, 5.41) is 3.12. The minimum Gasteiger partial charge on any atom is -0.393 e. The molecule has 9 heteroatoms. The molecule has 0 aliphatic carbocycles. The fourth-order valence-electron chi connectivity index (χ4n) is 1.96. The van der Waals surface area contributed by atoms with Crippen molar-refractivity contribution in [1.82, 2.24) is 15.4 Å². The maximum atomic E-state index is 12.2. The third-order valence-electron chi connectivity index (χ3n) is 3.10. The summed E-state index contributed by atoms with van der Waals surface area (Å²) in [5.41, 5.74) is 12.1. The Morgan fingerprint density at radius 2 is 2.04 bits per heavy atom. The molecule has 1 unspecified atom stereocenters. The maximum Gasteiger partial charge on any atom is 0.270 e. The van der Waals surface area contributed by atoms with Gasteiger partial charge in [-0.1, -0.05) is 12.1 Å². The van der Waals surface area contributed by atoms with E-state index >= 15 is 0 Å². The number of anilines is 3. The van der Waals surface area contributed by atoms with Crippen molar-refractivity contribution in [2.75, 3.05) is 30.2 Å². The van der Waals surface area contributed by atoms with Crippen LogP contribution in [-0.2, 0) is 4.74 Å². The lowest BCUT2D eigenvalue weighted by atomic mass is 10.2. The number of amides is 1. The van der Waals surface area contributed by atoms with Crippen LogP contribution in [-0.4, -0.2) is 35.6 Å². The van der Waals surface area contributed by atoms with Crippen molar-refractivity contribution in [1.29, 1.82) is 0 Å². The number of nitrogens with two attached hydrogens (primary N) is 1. The van der Waals surface area contributed by atoms with E-state index in [9.17, 15) is 4.79 Å². The molecule has 5 N–H and O–H groups in total. The molecule has 8 nitrogen and oxygen atoms in total. The smallest absolute Gasteiger partial charge is 0.270 e. The molecular weight excluding hydrogens is 376 g/mol. The molecule has 1 amide bonds. The quantitative estimate of drug-likeness (QED) is 0.531. The van der Waals surface area contributed by atoms with E-state index in [1.165, 1.54) is 6.33 Å². The monoisotopic (exact) mass is 394 g/mol. The Morgan fingerprint density at radius 3 is 2.75 bits per heavy atom. The Kier molecular flexibility index (Phi) is 6.33. The molecule has 0 aliphatic rings. The highest BCUT2D eigenvalue weighted by atomic mass is 79.9. The fraction of sp³-hybridized carbons (Fsp3) is 0.267. The molecule has 0 aliphatic heterocycles. The summed E-state index contributed by atoms with van der Waals surface area (Å²) in [7, 11) is 1.62. The van der Waals surface area contributed by atoms with Gasteiger partial charge in [0.25, 0.3) is 5.91 Å². The topological polar surface area (TPSA) is 114 Å². The number of nitrogens with zero attached hydrogens (tertiary/aromatic N) is 2. The van der Waals surface area contributed by atoms with E-state index in [1.807, 2.05) is 13.0 Å². The number of hydrogen-bond donors (Lipinski definition) is 4. The van der Waals surface area contributed by atoms with Gasteiger partial charge in [-0.15, -0.1) is 0 Å². The number of nitrogen functional groups attached to an aromatic ring is 1. The number of hydrazine groups is 1. The van der Waals surface area contributed by atoms with E-state index in [0.717, 1.165) is 0 Å². The molecule has 1 aromatic heterocycles. The Bertz CT molecular complexity index is 712. The van der Waals surface area contributed by atoms with E-state index in [-0.39, 0.29) is 11.9 Å². The summed E-state index contributed by atoms with van der Waals surface area (Å²) in [6.07, 6.45) is 1.35. The zero-order chi connectivity index (χ0) is 17.5. The standard InChI is InChI=1S/C15H19BrN6O2/c1-9(7-24-2)20-13-12(17)14(19-8-18-13)21-22-15(23)10-5-3-4-6-11(10)16/h3-6,8-9H,7,17H2,1-2H3,(H,22,23)(H2,18,19,20,21). The predicted octanol–water partition coefficient (Wildman–Crippen LogP) is 2.02. The van der Waals surface area contributed by atoms with Crippen molar-refractivity contribution < 1.29 is 9.53 Å². The molecule has 2 rings (SSSR count). The van der Waals surface area contributed by atoms with Crippen molar-refractivity contribution in [2.45, 2.75) is 13.0 Å². The van der Waals surface area contributed by atoms with Gasteiger partial charge in [-0.2, -0.15) is 0 Å². The minimum absolute atomic E-state index is 0.0231. The molecule has 0 bridgehead atoms. The van der Waals surface area contributed by atoms with E-state index in [1.54, 1.807) is 25.3 Å². The first-order valence-electron chi connectivity index (χ1n) is 7.19. The van der Waals surface area contributed by atoms with Gasteiger partial charge in [0.2, 0.25) is 0 Å². The van der Waals surface area contributed by atoms with Gasteiger partial charge in [0.05, 0.1) is 12.2 Å². The van der Waals surface area contributed by atoms with Gasteiger partial charge in [0, 0.05) is 17.6 Å². The van der Waals surface area contributed by atoms with Crippen LogP contribution in [0.2, 0.25) is 0 Å². The Labute approximate surface area is 148 Å². The van der Waals surface area contributed by atoms with Crippen LogP contribution in [0, 0.1) is 0 Å². The van der Waals surface area contributed by atoms with Crippen molar-refractivity contribution in [3.63, 3.8) is 0 Å². The van der Waals surface area contributed by atoms with Crippen LogP contribution in [0.3, 0.4) is 0 Å². The second-order valence-corrected chi connectivity index (χ2v) is 5.90. The first-order valence-corrected chi connectivity index (χ1v) is 7.99. The van der Waals surface area contributed by atoms with Gasteiger partial charge >= 0.3 is 0 Å². The first kappa shape index (κ1) is 18.0. The second-order valence-electron chi connectivity index (χ2n) is 5.04. The van der Waals surface area contributed by atoms with Crippen LogP contribution in [0.4, 0.5) is 17.3 Å². The lowest BCUT2D eigenvalue weighted by molar-refractivity contribution is 0.0962. The average Bonchev–Trinajstić information content (AvgIpc) is 2.56. The molecule has 24 heavy (non-hydrogen) atoms. The van der Waals surface area contributed by atoms with Crippen LogP contribution in [0.15, 0.2) is 35.1 Å². The van der Waals surface area contributed by atoms with E-state index < -0.39 is 0 Å². The Balaban J connectivity index is 2.05. The van der Waals surface area contributed by atoms with Gasteiger partial charge < -0.3 is 15.8 Å². The third kappa shape index (κ3) is 4.56. The molecule has 0 radical (unpaired) electrons. The summed E-state index contributed by atoms with van der Waals surface area (Å²) >= 11 is 3.33. The predicted molar refractivity (Wildman–Crippen MR) is 96.6 cm³/mol. The number of ether oxygens (including phenoxy) is 1. The van der Waals surface area contributed by atoms with Crippen LogP contribution in [0.25, 0.3) is 0 Å². The number of carbonyl (C=O) groups is 1. The second kappa shape index (κ2) is 8.46. The Hall–Kier alpha value is -2.39. The van der Waals surface area contributed by atoms with E-state index in [2.05, 4.69) is 42.1 Å². The van der Waals surface area contributed by atoms with E-state index in [0.29, 0.717) is 34.0 Å². The summed E-state index contributed by atoms with van der Waals surface area (Å²) < 4.78 is 5.75. The van der Waals surface area contributed by atoms with Crippen molar-refractivity contribution in [2.24, 2.45) is 0 Å². The normalized spacial score (nSPS) is 11.6. The molecule has 2 aromatic rings. The van der Waals surface area contributed by atoms with Gasteiger partial charge in [-0.25, -0.2) is 9.97 Å². The summed E-state index contributed by atoms with van der Waals surface area (Å²) in [6, 6.07) is 7.11. The average molecular weight is 395 g/mol. The number of rotatable bonds is 7. The Morgan fingerprint density at radius 1 is 1.33 bits per heavy atom. The molecule has 1 aromatic carbocycles. The first-order chi connectivity index (χ1) is 11.5. The SMILES string of the molecule is COCC(C)Nc1ncnc(NNC(=O)c2ccccc2Br)c1N. The van der Waals surface area contributed by atoms with Crippen LogP contribution in [0.5, 0.6) is 0 Å². The van der Waals surface area contributed by atoms with Crippen molar-refractivity contribution in [3.05, 3.63) is 40.6 Å². The molecule has 0 saturated carbocycles. The lowest BCUT2D eigenvalue weighted by Gasteiger charge is -2.16. The molecule has 0 saturated heterocycles. The summed E-state index contributed by atoms with van der Waals surface area (Å²) in [5.74, 6) is 0.451. The van der Waals surface area contributed by atoms with E-state index in [4.69, 9.17) is 10.5 Å². The number of benzene rings is 1. The fourth-order valence-corrected chi connectivity index (χ4v) is 2.43. The lowest BCUT2D eigenvalue weighted by Crippen LogP contribution is -2.31. The number of methoxy groups -OCH3 is 1. The highest BCUT2D eigenvalue weighted by molar-refractivity contribution is 9.10. The molecule has 128 valence electrons. The minimum atomic E-state index is -0.317. The molecule has 0 fully saturated rings. The molecular formula is C15H19BrN6O2. The summed E-state index contributed by atoms with van der Waals surface area (Å²) in [6.45, 7) is 2.44. The zero-order valence-corrected chi connectivity index (χ0v) is 14.9. The molecule has 1 heterocycles. The molecule has 0 spiro atoms. The third-order valence-corrected chi connectivity index (χ3v) is 3.79. The van der Waals surface area contributed by atoms with Gasteiger partial charge in [0.15, 0.2) is 11.6 Å². The highest BCUT2D eigenvalue weighted by Gasteiger charge is 2.13. The number of halogens is 1. The maximum absolute atomic E-state index is 12.2.